The highest BCUT2D eigenvalue weighted by Gasteiger charge is 2.24. The molecule has 5 nitrogen and oxygen atoms in total. The van der Waals surface area contributed by atoms with E-state index in [1.165, 1.54) is 16.8 Å². The van der Waals surface area contributed by atoms with Crippen LogP contribution in [0.25, 0.3) is 11.0 Å². The van der Waals surface area contributed by atoms with Crippen LogP contribution < -0.4 is 10.2 Å². The minimum absolute atomic E-state index is 0.887. The molecule has 0 amide bonds. The van der Waals surface area contributed by atoms with E-state index < -0.39 is 0 Å². The summed E-state index contributed by atoms with van der Waals surface area (Å²) in [5.74, 6) is 1.05. The summed E-state index contributed by atoms with van der Waals surface area (Å²) in [6, 6.07) is 17.2. The molecule has 2 aliphatic rings. The van der Waals surface area contributed by atoms with Crippen molar-refractivity contribution in [2.75, 3.05) is 18.1 Å². The van der Waals surface area contributed by atoms with E-state index in [4.69, 9.17) is 4.98 Å². The summed E-state index contributed by atoms with van der Waals surface area (Å²) < 4.78 is 2.31. The highest BCUT2D eigenvalue weighted by atomic mass is 15.4. The highest BCUT2D eigenvalue weighted by molar-refractivity contribution is 5.81. The van der Waals surface area contributed by atoms with Crippen molar-refractivity contribution in [1.82, 2.24) is 19.8 Å². The van der Waals surface area contributed by atoms with E-state index in [2.05, 4.69) is 68.3 Å². The van der Waals surface area contributed by atoms with Gasteiger partial charge in [0.15, 0.2) is 0 Å². The van der Waals surface area contributed by atoms with E-state index in [1.54, 1.807) is 0 Å². The Morgan fingerprint density at radius 2 is 1.88 bits per heavy atom. The summed E-state index contributed by atoms with van der Waals surface area (Å²) in [4.78, 5) is 9.38. The van der Waals surface area contributed by atoms with Gasteiger partial charge in [0.1, 0.15) is 0 Å². The molecule has 2 aliphatic heterocycles. The monoisotopic (exact) mass is 317 g/mol. The zero-order valence-electron chi connectivity index (χ0n) is 13.4. The van der Waals surface area contributed by atoms with E-state index >= 15 is 0 Å². The van der Waals surface area contributed by atoms with Crippen molar-refractivity contribution in [3.8, 4) is 0 Å². The van der Waals surface area contributed by atoms with Crippen LogP contribution in [0.4, 0.5) is 11.6 Å². The Morgan fingerprint density at radius 1 is 1.00 bits per heavy atom. The molecule has 0 fully saturated rings. The molecule has 0 radical (unpaired) electrons. The summed E-state index contributed by atoms with van der Waals surface area (Å²) in [6.45, 7) is 3.79. The number of rotatable bonds is 3. The second-order valence-corrected chi connectivity index (χ2v) is 6.30. The van der Waals surface area contributed by atoms with E-state index in [-0.39, 0.29) is 0 Å². The quantitative estimate of drug-likeness (QED) is 0.805. The van der Waals surface area contributed by atoms with Gasteiger partial charge in [0.05, 0.1) is 17.7 Å². The predicted molar refractivity (Wildman–Crippen MR) is 95.9 cm³/mol. The molecule has 0 saturated heterocycles. The van der Waals surface area contributed by atoms with Gasteiger partial charge in [-0.2, -0.15) is 0 Å². The third kappa shape index (κ3) is 2.12. The van der Waals surface area contributed by atoms with Crippen LogP contribution >= 0.6 is 0 Å². The van der Waals surface area contributed by atoms with Crippen LogP contribution in [0.15, 0.2) is 60.9 Å². The maximum atomic E-state index is 4.82. The molecule has 2 aromatic carbocycles. The number of nitrogens with one attached hydrogen (secondary N) is 1. The minimum Gasteiger partial charge on any atom is -0.373 e. The second-order valence-electron chi connectivity index (χ2n) is 6.30. The lowest BCUT2D eigenvalue weighted by atomic mass is 10.2. The number of hydrogen-bond acceptors (Lipinski definition) is 4. The Labute approximate surface area is 140 Å². The maximum absolute atomic E-state index is 4.82. The van der Waals surface area contributed by atoms with Crippen molar-refractivity contribution >= 4 is 22.7 Å². The molecule has 5 rings (SSSR count). The van der Waals surface area contributed by atoms with Crippen molar-refractivity contribution in [3.05, 3.63) is 66.5 Å². The Balaban J connectivity index is 1.42. The molecule has 0 unspecified atom stereocenters. The van der Waals surface area contributed by atoms with Gasteiger partial charge in [-0.1, -0.05) is 24.3 Å². The van der Waals surface area contributed by atoms with Gasteiger partial charge in [-0.05, 0) is 29.8 Å². The molecular formula is C19H19N5. The molecule has 3 aromatic rings. The van der Waals surface area contributed by atoms with Crippen molar-refractivity contribution in [1.29, 1.82) is 0 Å². The fraction of sp³-hybridized carbons (Fsp3) is 0.211. The standard InChI is InChI=1S/C19H19N5/c1-2-4-18-17(3-1)21-19-23(11-12-24(18)19)16-7-5-15(6-8-16)13-22-10-9-20-14-22/h1-10,20H,11-14H2. The van der Waals surface area contributed by atoms with Crippen molar-refractivity contribution in [2.24, 2.45) is 0 Å². The second kappa shape index (κ2) is 5.30. The largest absolute Gasteiger partial charge is 0.373 e. The number of aromatic nitrogens is 2. The number of para-hydroxylation sites is 2. The molecule has 24 heavy (non-hydrogen) atoms. The molecule has 1 N–H and O–H groups in total. The maximum Gasteiger partial charge on any atom is 0.211 e. The first-order chi connectivity index (χ1) is 11.9. The fourth-order valence-corrected chi connectivity index (χ4v) is 3.54. The van der Waals surface area contributed by atoms with Crippen LogP contribution in [0, 0.1) is 0 Å². The number of fused-ring (bicyclic) bond motifs is 3. The van der Waals surface area contributed by atoms with Gasteiger partial charge in [0.25, 0.3) is 0 Å². The Bertz CT molecular complexity index is 909. The summed E-state index contributed by atoms with van der Waals surface area (Å²) in [7, 11) is 0. The van der Waals surface area contributed by atoms with Crippen LogP contribution in [-0.4, -0.2) is 27.7 Å². The molecule has 3 heterocycles. The third-order valence-electron chi connectivity index (χ3n) is 4.75. The first kappa shape index (κ1) is 13.5. The lowest BCUT2D eigenvalue weighted by Crippen LogP contribution is -2.20. The lowest BCUT2D eigenvalue weighted by Gasteiger charge is -2.18. The smallest absolute Gasteiger partial charge is 0.211 e. The molecular weight excluding hydrogens is 298 g/mol. The Kier molecular flexibility index (Phi) is 2.98. The van der Waals surface area contributed by atoms with Crippen molar-refractivity contribution < 1.29 is 0 Å². The van der Waals surface area contributed by atoms with Gasteiger partial charge in [-0.15, -0.1) is 0 Å². The van der Waals surface area contributed by atoms with Gasteiger partial charge in [0, 0.05) is 37.7 Å². The average molecular weight is 317 g/mol. The first-order valence-electron chi connectivity index (χ1n) is 8.34. The van der Waals surface area contributed by atoms with Crippen molar-refractivity contribution in [2.45, 2.75) is 13.1 Å². The van der Waals surface area contributed by atoms with Gasteiger partial charge in [0.2, 0.25) is 5.95 Å². The number of nitrogens with zero attached hydrogens (tertiary/aromatic N) is 4. The van der Waals surface area contributed by atoms with Crippen LogP contribution in [0.5, 0.6) is 0 Å². The summed E-state index contributed by atoms with van der Waals surface area (Å²) in [5, 5.41) is 3.20. The molecule has 0 aliphatic carbocycles. The van der Waals surface area contributed by atoms with E-state index in [1.807, 2.05) is 12.3 Å². The molecule has 5 heteroatoms. The van der Waals surface area contributed by atoms with Crippen LogP contribution in [0.2, 0.25) is 0 Å². The van der Waals surface area contributed by atoms with Gasteiger partial charge >= 0.3 is 0 Å². The Morgan fingerprint density at radius 3 is 2.71 bits per heavy atom. The topological polar surface area (TPSA) is 36.3 Å². The van der Waals surface area contributed by atoms with Gasteiger partial charge in [-0.3, -0.25) is 0 Å². The molecule has 0 saturated carbocycles. The first-order valence-corrected chi connectivity index (χ1v) is 8.34. The molecule has 0 spiro atoms. The van der Waals surface area contributed by atoms with E-state index in [0.29, 0.717) is 0 Å². The molecule has 120 valence electrons. The SMILES string of the molecule is C1=CN(Cc2ccc(N3CCn4c3nc3ccccc34)cc2)CN1. The zero-order chi connectivity index (χ0) is 15.9. The summed E-state index contributed by atoms with van der Waals surface area (Å²) in [5.41, 5.74) is 4.82. The lowest BCUT2D eigenvalue weighted by molar-refractivity contribution is 0.385. The molecule has 0 bridgehead atoms. The number of anilines is 2. The third-order valence-corrected chi connectivity index (χ3v) is 4.75. The van der Waals surface area contributed by atoms with Crippen LogP contribution in [-0.2, 0) is 13.1 Å². The van der Waals surface area contributed by atoms with E-state index in [9.17, 15) is 0 Å². The van der Waals surface area contributed by atoms with Crippen LogP contribution in [0.3, 0.4) is 0 Å². The van der Waals surface area contributed by atoms with Crippen LogP contribution in [0.1, 0.15) is 5.56 Å². The number of benzene rings is 2. The summed E-state index contributed by atoms with van der Waals surface area (Å²) >= 11 is 0. The Hall–Kier alpha value is -2.95. The number of hydrogen-bond donors (Lipinski definition) is 1. The fourth-order valence-electron chi connectivity index (χ4n) is 3.54. The number of imidazole rings is 1. The molecule has 0 atom stereocenters. The predicted octanol–water partition coefficient (Wildman–Crippen LogP) is 3.02. The van der Waals surface area contributed by atoms with Crippen molar-refractivity contribution in [3.63, 3.8) is 0 Å². The van der Waals surface area contributed by atoms with Gasteiger partial charge < -0.3 is 19.7 Å². The molecule has 1 aromatic heterocycles. The summed E-state index contributed by atoms with van der Waals surface area (Å²) in [6.07, 6.45) is 4.08. The highest BCUT2D eigenvalue weighted by Crippen LogP contribution is 2.33. The van der Waals surface area contributed by atoms with E-state index in [0.717, 1.165) is 37.8 Å². The minimum atomic E-state index is 0.887. The van der Waals surface area contributed by atoms with Gasteiger partial charge in [-0.25, -0.2) is 4.98 Å². The zero-order valence-corrected chi connectivity index (χ0v) is 13.4. The average Bonchev–Trinajstić information content (AvgIpc) is 3.32. The normalized spacial score (nSPS) is 16.0.